The first kappa shape index (κ1) is 16.8. The highest BCUT2D eigenvalue weighted by atomic mass is 19.4. The molecule has 1 rings (SSSR count). The maximum Gasteiger partial charge on any atom is 0.389 e. The molecular weight excluding hydrogens is 251 g/mol. The third kappa shape index (κ3) is 5.33. The third-order valence-electron chi connectivity index (χ3n) is 4.64. The lowest BCUT2D eigenvalue weighted by Crippen LogP contribution is -2.44. The van der Waals surface area contributed by atoms with E-state index in [0.717, 1.165) is 19.4 Å². The normalized spacial score (nSPS) is 20.7. The topological polar surface area (TPSA) is 12.0 Å². The summed E-state index contributed by atoms with van der Waals surface area (Å²) in [6, 6.07) is 0.266. The Morgan fingerprint density at radius 1 is 1.16 bits per heavy atom. The second-order valence-corrected chi connectivity index (χ2v) is 5.94. The number of hydrogen-bond donors (Lipinski definition) is 1. The highest BCUT2D eigenvalue weighted by Crippen LogP contribution is 2.45. The van der Waals surface area contributed by atoms with Crippen molar-refractivity contribution in [3.05, 3.63) is 0 Å². The predicted molar refractivity (Wildman–Crippen MR) is 73.2 cm³/mol. The van der Waals surface area contributed by atoms with Crippen LogP contribution in [0.2, 0.25) is 0 Å². The van der Waals surface area contributed by atoms with Crippen molar-refractivity contribution in [2.75, 3.05) is 6.54 Å². The molecule has 0 radical (unpaired) electrons. The van der Waals surface area contributed by atoms with E-state index < -0.39 is 12.6 Å². The first-order valence-electron chi connectivity index (χ1n) is 7.73. The van der Waals surface area contributed by atoms with Crippen LogP contribution in [0.3, 0.4) is 0 Å². The molecular formula is C15H28F3N. The first-order valence-corrected chi connectivity index (χ1v) is 7.73. The molecule has 1 unspecified atom stereocenters. The van der Waals surface area contributed by atoms with Crippen molar-refractivity contribution in [1.82, 2.24) is 5.32 Å². The molecule has 0 bridgehead atoms. The molecule has 19 heavy (non-hydrogen) atoms. The van der Waals surface area contributed by atoms with Gasteiger partial charge in [-0.05, 0) is 50.5 Å². The van der Waals surface area contributed by atoms with Crippen LogP contribution in [0.1, 0.15) is 71.6 Å². The zero-order valence-electron chi connectivity index (χ0n) is 12.3. The number of nitrogens with one attached hydrogen (secondary N) is 1. The fourth-order valence-corrected chi connectivity index (χ4v) is 3.48. The maximum atomic E-state index is 12.3. The van der Waals surface area contributed by atoms with Crippen LogP contribution in [-0.2, 0) is 0 Å². The third-order valence-corrected chi connectivity index (χ3v) is 4.64. The minimum absolute atomic E-state index is 0.251. The van der Waals surface area contributed by atoms with Crippen molar-refractivity contribution in [2.45, 2.75) is 83.9 Å². The quantitative estimate of drug-likeness (QED) is 0.655. The highest BCUT2D eigenvalue weighted by molar-refractivity contribution is 4.93. The monoisotopic (exact) mass is 279 g/mol. The Kier molecular flexibility index (Phi) is 6.64. The molecule has 114 valence electrons. The number of hydrogen-bond acceptors (Lipinski definition) is 1. The van der Waals surface area contributed by atoms with E-state index in [0.29, 0.717) is 6.42 Å². The van der Waals surface area contributed by atoms with Crippen LogP contribution in [0.4, 0.5) is 13.2 Å². The smallest absolute Gasteiger partial charge is 0.313 e. The lowest BCUT2D eigenvalue weighted by Gasteiger charge is -2.38. The van der Waals surface area contributed by atoms with Crippen molar-refractivity contribution in [1.29, 1.82) is 0 Å². The van der Waals surface area contributed by atoms with Gasteiger partial charge in [-0.2, -0.15) is 13.2 Å². The average molecular weight is 279 g/mol. The Hall–Kier alpha value is -0.250. The zero-order chi connectivity index (χ0) is 14.4. The Bertz CT molecular complexity index is 244. The summed E-state index contributed by atoms with van der Waals surface area (Å²) < 4.78 is 36.9. The summed E-state index contributed by atoms with van der Waals surface area (Å²) in [4.78, 5) is 0. The van der Waals surface area contributed by atoms with E-state index in [1.165, 1.54) is 25.7 Å². The molecule has 0 heterocycles. The summed E-state index contributed by atoms with van der Waals surface area (Å²) in [6.07, 6.45) is 3.21. The summed E-state index contributed by atoms with van der Waals surface area (Å²) in [5.41, 5.74) is 0.251. The van der Waals surface area contributed by atoms with Gasteiger partial charge in [0, 0.05) is 12.5 Å². The van der Waals surface area contributed by atoms with Crippen LogP contribution in [0.25, 0.3) is 0 Å². The van der Waals surface area contributed by atoms with Crippen LogP contribution in [0, 0.1) is 5.41 Å². The predicted octanol–water partition coefficient (Wildman–Crippen LogP) is 5.06. The molecule has 1 saturated carbocycles. The molecule has 1 fully saturated rings. The molecule has 1 aliphatic rings. The summed E-state index contributed by atoms with van der Waals surface area (Å²) in [6.45, 7) is 5.21. The van der Waals surface area contributed by atoms with Crippen LogP contribution in [0.15, 0.2) is 0 Å². The van der Waals surface area contributed by atoms with Gasteiger partial charge in [-0.1, -0.05) is 26.7 Å². The van der Waals surface area contributed by atoms with E-state index in [-0.39, 0.29) is 17.9 Å². The van der Waals surface area contributed by atoms with Gasteiger partial charge in [0.1, 0.15) is 0 Å². The second-order valence-electron chi connectivity index (χ2n) is 5.94. The minimum atomic E-state index is -4.01. The maximum absolute atomic E-state index is 12.3. The van der Waals surface area contributed by atoms with Crippen LogP contribution in [-0.4, -0.2) is 18.8 Å². The van der Waals surface area contributed by atoms with Crippen molar-refractivity contribution in [3.63, 3.8) is 0 Å². The van der Waals surface area contributed by atoms with E-state index in [9.17, 15) is 13.2 Å². The highest BCUT2D eigenvalue weighted by Gasteiger charge is 2.39. The summed E-state index contributed by atoms with van der Waals surface area (Å²) in [5, 5.41) is 3.52. The lowest BCUT2D eigenvalue weighted by molar-refractivity contribution is -0.136. The average Bonchev–Trinajstić information content (AvgIpc) is 2.82. The van der Waals surface area contributed by atoms with Crippen molar-refractivity contribution >= 4 is 0 Å². The van der Waals surface area contributed by atoms with Gasteiger partial charge in [0.15, 0.2) is 0 Å². The Morgan fingerprint density at radius 2 is 1.79 bits per heavy atom. The van der Waals surface area contributed by atoms with Gasteiger partial charge in [-0.25, -0.2) is 0 Å². The fourth-order valence-electron chi connectivity index (χ4n) is 3.48. The first-order chi connectivity index (χ1) is 8.93. The summed E-state index contributed by atoms with van der Waals surface area (Å²) in [5.74, 6) is 0. The molecule has 1 nitrogen and oxygen atoms in total. The lowest BCUT2D eigenvalue weighted by atomic mass is 9.74. The molecule has 0 spiro atoms. The van der Waals surface area contributed by atoms with Crippen LogP contribution < -0.4 is 5.32 Å². The van der Waals surface area contributed by atoms with Gasteiger partial charge in [0.2, 0.25) is 0 Å². The molecule has 0 saturated heterocycles. The Balaban J connectivity index is 2.55. The second kappa shape index (κ2) is 7.51. The van der Waals surface area contributed by atoms with Crippen molar-refractivity contribution in [2.24, 2.45) is 5.41 Å². The standard InChI is InChI=1S/C15H28F3N/c1-3-12-19-13(8-7-11-15(16,17)18)14(4-2)9-5-6-10-14/h13,19H,3-12H2,1-2H3. The summed E-state index contributed by atoms with van der Waals surface area (Å²) in [7, 11) is 0. The Morgan fingerprint density at radius 3 is 2.26 bits per heavy atom. The van der Waals surface area contributed by atoms with E-state index in [4.69, 9.17) is 0 Å². The Labute approximate surface area is 115 Å². The summed E-state index contributed by atoms with van der Waals surface area (Å²) >= 11 is 0. The zero-order valence-corrected chi connectivity index (χ0v) is 12.3. The SMILES string of the molecule is CCCNC(CCCC(F)(F)F)C1(CC)CCCC1. The molecule has 0 aromatic rings. The van der Waals surface area contributed by atoms with Gasteiger partial charge in [0.05, 0.1) is 0 Å². The van der Waals surface area contributed by atoms with E-state index >= 15 is 0 Å². The largest absolute Gasteiger partial charge is 0.389 e. The fraction of sp³-hybridized carbons (Fsp3) is 1.00. The van der Waals surface area contributed by atoms with Crippen LogP contribution in [0.5, 0.6) is 0 Å². The number of alkyl halides is 3. The molecule has 1 aliphatic carbocycles. The molecule has 4 heteroatoms. The van der Waals surface area contributed by atoms with Crippen molar-refractivity contribution in [3.8, 4) is 0 Å². The molecule has 0 aromatic heterocycles. The molecule has 0 aromatic carbocycles. The number of rotatable bonds is 8. The minimum Gasteiger partial charge on any atom is -0.313 e. The van der Waals surface area contributed by atoms with Gasteiger partial charge in [-0.15, -0.1) is 0 Å². The van der Waals surface area contributed by atoms with Gasteiger partial charge in [-0.3, -0.25) is 0 Å². The molecule has 1 N–H and O–H groups in total. The molecule has 1 atom stereocenters. The van der Waals surface area contributed by atoms with Crippen LogP contribution >= 0.6 is 0 Å². The van der Waals surface area contributed by atoms with Gasteiger partial charge < -0.3 is 5.32 Å². The van der Waals surface area contributed by atoms with E-state index in [1.807, 2.05) is 0 Å². The number of halogens is 3. The van der Waals surface area contributed by atoms with E-state index in [2.05, 4.69) is 19.2 Å². The molecule has 0 aliphatic heterocycles. The van der Waals surface area contributed by atoms with Crippen molar-refractivity contribution < 1.29 is 13.2 Å². The van der Waals surface area contributed by atoms with E-state index in [1.54, 1.807) is 0 Å². The molecule has 0 amide bonds. The van der Waals surface area contributed by atoms with Gasteiger partial charge >= 0.3 is 6.18 Å². The van der Waals surface area contributed by atoms with Gasteiger partial charge in [0.25, 0.3) is 0 Å².